The number of hydrogen-bond acceptors (Lipinski definition) is 3. The predicted octanol–water partition coefficient (Wildman–Crippen LogP) is 4.56. The van der Waals surface area contributed by atoms with Gasteiger partial charge in [0.2, 0.25) is 0 Å². The molecule has 8 heteroatoms. The molecular weight excluding hydrogens is 443 g/mol. The van der Waals surface area contributed by atoms with E-state index in [-0.39, 0.29) is 4.90 Å². The highest BCUT2D eigenvalue weighted by Crippen LogP contribution is 2.35. The van der Waals surface area contributed by atoms with Gasteiger partial charge in [-0.15, -0.1) is 0 Å². The van der Waals surface area contributed by atoms with Crippen molar-refractivity contribution in [3.63, 3.8) is 0 Å². The van der Waals surface area contributed by atoms with E-state index in [0.717, 1.165) is 5.56 Å². The quantitative estimate of drug-likeness (QED) is 0.668. The van der Waals surface area contributed by atoms with Gasteiger partial charge in [0.25, 0.3) is 10.0 Å². The van der Waals surface area contributed by atoms with E-state index in [9.17, 15) is 8.42 Å². The van der Waals surface area contributed by atoms with E-state index >= 15 is 0 Å². The lowest BCUT2D eigenvalue weighted by atomic mass is 10.2. The Morgan fingerprint density at radius 2 is 1.76 bits per heavy atom. The average molecular weight is 455 g/mol. The van der Waals surface area contributed by atoms with Gasteiger partial charge in [-0.25, -0.2) is 8.42 Å². The summed E-state index contributed by atoms with van der Waals surface area (Å²) >= 11 is 12.5. The Bertz CT molecular complexity index is 767. The number of benzene rings is 2. The largest absolute Gasteiger partial charge is 0.399 e. The third kappa shape index (κ3) is 3.53. The molecule has 2 aromatic rings. The molecule has 0 aliphatic carbocycles. The summed E-state index contributed by atoms with van der Waals surface area (Å²) in [5.74, 6) is 0. The molecule has 0 bridgehead atoms. The first-order valence-electron chi connectivity index (χ1n) is 5.75. The zero-order chi connectivity index (χ0) is 15.8. The summed E-state index contributed by atoms with van der Waals surface area (Å²) in [5, 5.41) is 0.335. The van der Waals surface area contributed by atoms with Crippen molar-refractivity contribution >= 4 is 64.9 Å². The topological polar surface area (TPSA) is 72.2 Å². The molecule has 0 atom stereocenters. The Labute approximate surface area is 145 Å². The lowest BCUT2D eigenvalue weighted by Gasteiger charge is -2.14. The molecule has 3 N–H and O–H groups in total. The Morgan fingerprint density at radius 1 is 1.19 bits per heavy atom. The SMILES string of the molecule is Cc1cccc(Cl)c1NS(=O)(=O)c1c(Br)cc(N)cc1Br. The van der Waals surface area contributed by atoms with E-state index in [1.165, 1.54) is 12.1 Å². The fraction of sp³-hybridized carbons (Fsp3) is 0.0769. The predicted molar refractivity (Wildman–Crippen MR) is 93.3 cm³/mol. The number of halogens is 3. The van der Waals surface area contributed by atoms with Crippen molar-refractivity contribution < 1.29 is 8.42 Å². The minimum Gasteiger partial charge on any atom is -0.399 e. The molecule has 0 saturated heterocycles. The fourth-order valence-electron chi connectivity index (χ4n) is 1.78. The lowest BCUT2D eigenvalue weighted by Crippen LogP contribution is -2.15. The molecule has 0 radical (unpaired) electrons. The van der Waals surface area contributed by atoms with Gasteiger partial charge in [0.1, 0.15) is 4.90 Å². The Morgan fingerprint density at radius 3 is 2.29 bits per heavy atom. The monoisotopic (exact) mass is 452 g/mol. The molecular formula is C13H11Br2ClN2O2S. The summed E-state index contributed by atoms with van der Waals surface area (Å²) in [7, 11) is -3.82. The van der Waals surface area contributed by atoms with Crippen molar-refractivity contribution in [2.75, 3.05) is 10.5 Å². The molecule has 0 fully saturated rings. The van der Waals surface area contributed by atoms with Crippen LogP contribution in [0.4, 0.5) is 11.4 Å². The normalized spacial score (nSPS) is 11.4. The van der Waals surface area contributed by atoms with Crippen molar-refractivity contribution in [2.24, 2.45) is 0 Å². The minimum atomic E-state index is -3.82. The molecule has 0 aliphatic rings. The van der Waals surface area contributed by atoms with Crippen LogP contribution in [0.25, 0.3) is 0 Å². The molecule has 0 spiro atoms. The van der Waals surface area contributed by atoms with Crippen LogP contribution in [0.15, 0.2) is 44.2 Å². The van der Waals surface area contributed by atoms with Gasteiger partial charge in [-0.1, -0.05) is 23.7 Å². The highest BCUT2D eigenvalue weighted by atomic mass is 79.9. The van der Waals surface area contributed by atoms with Crippen LogP contribution in [0.3, 0.4) is 0 Å². The van der Waals surface area contributed by atoms with Gasteiger partial charge in [-0.05, 0) is 62.5 Å². The number of rotatable bonds is 3. The summed E-state index contributed by atoms with van der Waals surface area (Å²) < 4.78 is 28.4. The smallest absolute Gasteiger partial charge is 0.264 e. The number of nitrogens with two attached hydrogens (primary N) is 1. The summed E-state index contributed by atoms with van der Waals surface area (Å²) in [4.78, 5) is 0.0658. The van der Waals surface area contributed by atoms with Gasteiger partial charge in [-0.3, -0.25) is 4.72 Å². The summed E-state index contributed by atoms with van der Waals surface area (Å²) in [6, 6.07) is 8.21. The van der Waals surface area contributed by atoms with E-state index in [1.807, 2.05) is 0 Å². The zero-order valence-corrected chi connectivity index (χ0v) is 15.6. The van der Waals surface area contributed by atoms with Crippen LogP contribution < -0.4 is 10.5 Å². The number of anilines is 2. The van der Waals surface area contributed by atoms with Crippen molar-refractivity contribution in [3.05, 3.63) is 49.9 Å². The molecule has 0 amide bonds. The average Bonchev–Trinajstić information content (AvgIpc) is 2.32. The second-order valence-corrected chi connectivity index (χ2v) is 8.09. The van der Waals surface area contributed by atoms with Crippen LogP contribution in [0.5, 0.6) is 0 Å². The molecule has 0 unspecified atom stereocenters. The molecule has 0 saturated carbocycles. The summed E-state index contributed by atoms with van der Waals surface area (Å²) in [5.41, 5.74) is 7.21. The minimum absolute atomic E-state index is 0.0658. The molecule has 2 rings (SSSR count). The number of hydrogen-bond donors (Lipinski definition) is 2. The third-order valence-electron chi connectivity index (χ3n) is 2.75. The van der Waals surface area contributed by atoms with Crippen LogP contribution in [0.1, 0.15) is 5.56 Å². The standard InChI is InChI=1S/C13H11Br2ClN2O2S/c1-7-3-2-4-11(16)12(7)18-21(19,20)13-9(14)5-8(17)6-10(13)15/h2-6,18H,17H2,1H3. The highest BCUT2D eigenvalue weighted by Gasteiger charge is 2.23. The van der Waals surface area contributed by atoms with Gasteiger partial charge in [-0.2, -0.15) is 0 Å². The Balaban J connectivity index is 2.54. The van der Waals surface area contributed by atoms with Crippen LogP contribution >= 0.6 is 43.5 Å². The fourth-order valence-corrected chi connectivity index (χ4v) is 5.88. The number of sulfonamides is 1. The van der Waals surface area contributed by atoms with Crippen molar-refractivity contribution in [3.8, 4) is 0 Å². The van der Waals surface area contributed by atoms with Crippen molar-refractivity contribution in [1.82, 2.24) is 0 Å². The highest BCUT2D eigenvalue weighted by molar-refractivity contribution is 9.11. The number of nitrogens with one attached hydrogen (secondary N) is 1. The summed E-state index contributed by atoms with van der Waals surface area (Å²) in [6.45, 7) is 1.77. The van der Waals surface area contributed by atoms with Gasteiger partial charge in [0.15, 0.2) is 0 Å². The van der Waals surface area contributed by atoms with Gasteiger partial charge in [0, 0.05) is 14.6 Å². The van der Waals surface area contributed by atoms with Crippen LogP contribution in [-0.2, 0) is 10.0 Å². The second-order valence-electron chi connectivity index (χ2n) is 4.35. The first-order valence-corrected chi connectivity index (χ1v) is 9.19. The van der Waals surface area contributed by atoms with Gasteiger partial charge < -0.3 is 5.73 Å². The first-order chi connectivity index (χ1) is 9.72. The molecule has 21 heavy (non-hydrogen) atoms. The van der Waals surface area contributed by atoms with E-state index in [4.69, 9.17) is 17.3 Å². The van der Waals surface area contributed by atoms with Gasteiger partial charge >= 0.3 is 0 Å². The molecule has 0 aromatic heterocycles. The number of para-hydroxylation sites is 1. The molecule has 112 valence electrons. The Hall–Kier alpha value is -0.760. The summed E-state index contributed by atoms with van der Waals surface area (Å²) in [6.07, 6.45) is 0. The van der Waals surface area contributed by atoms with Crippen molar-refractivity contribution in [1.29, 1.82) is 0 Å². The van der Waals surface area contributed by atoms with E-state index < -0.39 is 10.0 Å². The first kappa shape index (κ1) is 16.6. The van der Waals surface area contributed by atoms with E-state index in [1.54, 1.807) is 25.1 Å². The van der Waals surface area contributed by atoms with Gasteiger partial charge in [0.05, 0.1) is 10.7 Å². The third-order valence-corrected chi connectivity index (χ3v) is 6.29. The maximum absolute atomic E-state index is 12.6. The number of aryl methyl sites for hydroxylation is 1. The van der Waals surface area contributed by atoms with Crippen LogP contribution in [-0.4, -0.2) is 8.42 Å². The molecule has 4 nitrogen and oxygen atoms in total. The van der Waals surface area contributed by atoms with Crippen molar-refractivity contribution in [2.45, 2.75) is 11.8 Å². The van der Waals surface area contributed by atoms with Crippen LogP contribution in [0, 0.1) is 6.92 Å². The van der Waals surface area contributed by atoms with Crippen LogP contribution in [0.2, 0.25) is 5.02 Å². The van der Waals surface area contributed by atoms with E-state index in [0.29, 0.717) is 25.3 Å². The number of nitrogen functional groups attached to an aromatic ring is 1. The zero-order valence-electron chi connectivity index (χ0n) is 10.8. The van der Waals surface area contributed by atoms with E-state index in [2.05, 4.69) is 36.6 Å². The Kier molecular flexibility index (Phi) is 4.87. The molecule has 2 aromatic carbocycles. The second kappa shape index (κ2) is 6.16. The maximum Gasteiger partial charge on any atom is 0.264 e. The molecule has 0 heterocycles. The maximum atomic E-state index is 12.6. The molecule has 0 aliphatic heterocycles. The lowest BCUT2D eigenvalue weighted by molar-refractivity contribution is 0.600.